The molecule has 30 heavy (non-hydrogen) atoms. The fourth-order valence-corrected chi connectivity index (χ4v) is 5.27. The number of thioether (sulfide) groups is 1. The molecule has 1 aromatic carbocycles. The lowest BCUT2D eigenvalue weighted by Crippen LogP contribution is -2.51. The Bertz CT molecular complexity index is 756. The molecule has 0 unspecified atom stereocenters. The van der Waals surface area contributed by atoms with Crippen LogP contribution in [-0.2, 0) is 10.2 Å². The topological polar surface area (TPSA) is 52.7 Å². The van der Waals surface area contributed by atoms with Crippen molar-refractivity contribution in [2.24, 2.45) is 5.92 Å². The lowest BCUT2D eigenvalue weighted by molar-refractivity contribution is -0.128. The molecule has 0 radical (unpaired) electrons. The molecule has 2 heterocycles. The summed E-state index contributed by atoms with van der Waals surface area (Å²) in [6.07, 6.45) is 1.89. The predicted molar refractivity (Wildman–Crippen MR) is 125 cm³/mol. The Morgan fingerprint density at radius 1 is 1.07 bits per heavy atom. The maximum absolute atomic E-state index is 12.6. The van der Waals surface area contributed by atoms with Crippen LogP contribution in [0.4, 0.5) is 4.79 Å². The van der Waals surface area contributed by atoms with E-state index in [4.69, 9.17) is 0 Å². The second kappa shape index (κ2) is 8.81. The normalized spacial score (nSPS) is 21.3. The van der Waals surface area contributed by atoms with Gasteiger partial charge in [-0.25, -0.2) is 4.79 Å². The van der Waals surface area contributed by atoms with Crippen molar-refractivity contribution in [3.8, 4) is 0 Å². The molecule has 1 aromatic rings. The van der Waals surface area contributed by atoms with E-state index in [-0.39, 0.29) is 28.3 Å². The number of carbonyl (C=O) groups is 2. The van der Waals surface area contributed by atoms with E-state index in [1.807, 2.05) is 25.7 Å². The Morgan fingerprint density at radius 3 is 2.20 bits per heavy atom. The number of likely N-dealkylation sites (tertiary alicyclic amines) is 1. The first-order valence-electron chi connectivity index (χ1n) is 11.0. The molecule has 2 aliphatic rings. The maximum Gasteiger partial charge on any atom is 0.317 e. The van der Waals surface area contributed by atoms with Gasteiger partial charge in [0.15, 0.2) is 0 Å². The predicted octanol–water partition coefficient (Wildman–Crippen LogP) is 4.78. The average Bonchev–Trinajstić information content (AvgIpc) is 3.01. The van der Waals surface area contributed by atoms with E-state index in [2.05, 4.69) is 55.3 Å². The van der Waals surface area contributed by atoms with Crippen molar-refractivity contribution < 1.29 is 9.59 Å². The number of rotatable bonds is 3. The summed E-state index contributed by atoms with van der Waals surface area (Å²) >= 11 is 1.73. The fraction of sp³-hybridized carbons (Fsp3) is 0.667. The van der Waals surface area contributed by atoms with Crippen molar-refractivity contribution in [3.63, 3.8) is 0 Å². The van der Waals surface area contributed by atoms with Gasteiger partial charge in [0.05, 0.1) is 5.75 Å². The third kappa shape index (κ3) is 5.71. The highest BCUT2D eigenvalue weighted by Crippen LogP contribution is 2.40. The molecular weight excluding hydrogens is 394 g/mol. The summed E-state index contributed by atoms with van der Waals surface area (Å²) in [6.45, 7) is 15.0. The zero-order valence-corrected chi connectivity index (χ0v) is 20.1. The third-order valence-corrected chi connectivity index (χ3v) is 7.12. The molecule has 0 spiro atoms. The van der Waals surface area contributed by atoms with Gasteiger partial charge < -0.3 is 15.1 Å². The van der Waals surface area contributed by atoms with Gasteiger partial charge in [-0.05, 0) is 56.1 Å². The summed E-state index contributed by atoms with van der Waals surface area (Å²) in [6, 6.07) is 8.78. The largest absolute Gasteiger partial charge is 0.333 e. The second-order valence-electron chi connectivity index (χ2n) is 10.7. The van der Waals surface area contributed by atoms with E-state index >= 15 is 0 Å². The highest BCUT2D eigenvalue weighted by Gasteiger charge is 2.35. The molecule has 5 nitrogen and oxygen atoms in total. The molecule has 3 amide bonds. The van der Waals surface area contributed by atoms with Crippen molar-refractivity contribution in [1.29, 1.82) is 0 Å². The number of carbonyl (C=O) groups excluding carboxylic acids is 2. The minimum Gasteiger partial charge on any atom is -0.333 e. The molecule has 1 atom stereocenters. The molecule has 0 saturated carbocycles. The van der Waals surface area contributed by atoms with Gasteiger partial charge >= 0.3 is 6.03 Å². The standard InChI is InChI=1S/C24H37N3O2S/c1-23(2,3)19-9-7-18(8-10-19)21-27(20(28)16-30-21)15-17-11-13-26(14-12-17)22(29)25-24(4,5)6/h7-10,17,21H,11-16H2,1-6H3,(H,25,29)/t21-/m1/s1. The van der Waals surface area contributed by atoms with Gasteiger partial charge in [0.1, 0.15) is 5.37 Å². The van der Waals surface area contributed by atoms with Gasteiger partial charge in [-0.3, -0.25) is 4.79 Å². The molecule has 6 heteroatoms. The molecule has 3 rings (SSSR count). The summed E-state index contributed by atoms with van der Waals surface area (Å²) in [5.74, 6) is 1.24. The Kier molecular flexibility index (Phi) is 6.75. The van der Waals surface area contributed by atoms with Crippen LogP contribution in [0.3, 0.4) is 0 Å². The molecule has 0 aliphatic carbocycles. The first kappa shape index (κ1) is 23.0. The minimum atomic E-state index is -0.219. The Labute approximate surface area is 186 Å². The Hall–Kier alpha value is -1.69. The molecule has 2 saturated heterocycles. The Balaban J connectivity index is 1.59. The molecule has 2 fully saturated rings. The quantitative estimate of drug-likeness (QED) is 0.749. The van der Waals surface area contributed by atoms with Crippen molar-refractivity contribution in [2.75, 3.05) is 25.4 Å². The van der Waals surface area contributed by atoms with Crippen molar-refractivity contribution in [3.05, 3.63) is 35.4 Å². The lowest BCUT2D eigenvalue weighted by atomic mass is 9.86. The molecule has 166 valence electrons. The smallest absolute Gasteiger partial charge is 0.317 e. The van der Waals surface area contributed by atoms with Crippen molar-refractivity contribution >= 4 is 23.7 Å². The number of nitrogens with zero attached hydrogens (tertiary/aromatic N) is 2. The van der Waals surface area contributed by atoms with Crippen molar-refractivity contribution in [1.82, 2.24) is 15.1 Å². The van der Waals surface area contributed by atoms with E-state index in [1.165, 1.54) is 11.1 Å². The number of piperidine rings is 1. The van der Waals surface area contributed by atoms with Gasteiger partial charge in [0.2, 0.25) is 5.91 Å². The lowest BCUT2D eigenvalue weighted by Gasteiger charge is -2.36. The summed E-state index contributed by atoms with van der Waals surface area (Å²) in [7, 11) is 0. The van der Waals surface area contributed by atoms with Crippen LogP contribution in [0.15, 0.2) is 24.3 Å². The van der Waals surface area contributed by atoms with Gasteiger partial charge in [-0.15, -0.1) is 11.8 Å². The van der Waals surface area contributed by atoms with E-state index in [9.17, 15) is 9.59 Å². The van der Waals surface area contributed by atoms with Gasteiger partial charge in [-0.2, -0.15) is 0 Å². The SMILES string of the molecule is CC(C)(C)NC(=O)N1CCC(CN2C(=O)CS[C@@H]2c2ccc(C(C)(C)C)cc2)CC1. The maximum atomic E-state index is 12.6. The summed E-state index contributed by atoms with van der Waals surface area (Å²) < 4.78 is 0. The van der Waals surface area contributed by atoms with E-state index in [0.29, 0.717) is 11.7 Å². The zero-order chi connectivity index (χ0) is 22.1. The number of amides is 3. The molecule has 1 N–H and O–H groups in total. The van der Waals surface area contributed by atoms with Gasteiger partial charge in [0, 0.05) is 25.2 Å². The minimum absolute atomic E-state index is 0.0190. The number of hydrogen-bond acceptors (Lipinski definition) is 3. The number of urea groups is 1. The van der Waals surface area contributed by atoms with E-state index < -0.39 is 0 Å². The van der Waals surface area contributed by atoms with Crippen molar-refractivity contribution in [2.45, 2.75) is 70.7 Å². The second-order valence-corrected chi connectivity index (χ2v) is 11.8. The van der Waals surface area contributed by atoms with E-state index in [0.717, 1.165) is 32.5 Å². The summed E-state index contributed by atoms with van der Waals surface area (Å²) in [4.78, 5) is 29.0. The third-order valence-electron chi connectivity index (χ3n) is 5.87. The first-order valence-corrected chi connectivity index (χ1v) is 12.1. The summed E-state index contributed by atoms with van der Waals surface area (Å²) in [5, 5.41) is 3.15. The van der Waals surface area contributed by atoms with Crippen LogP contribution in [0, 0.1) is 5.92 Å². The monoisotopic (exact) mass is 431 g/mol. The highest BCUT2D eigenvalue weighted by atomic mass is 32.2. The van der Waals surface area contributed by atoms with Crippen LogP contribution in [0.5, 0.6) is 0 Å². The number of nitrogens with one attached hydrogen (secondary N) is 1. The van der Waals surface area contributed by atoms with Crippen LogP contribution in [-0.4, -0.2) is 52.7 Å². The molecule has 0 bridgehead atoms. The van der Waals surface area contributed by atoms with Crippen LogP contribution >= 0.6 is 11.8 Å². The highest BCUT2D eigenvalue weighted by molar-refractivity contribution is 8.00. The zero-order valence-electron chi connectivity index (χ0n) is 19.3. The van der Waals surface area contributed by atoms with Crippen LogP contribution < -0.4 is 5.32 Å². The average molecular weight is 432 g/mol. The Morgan fingerprint density at radius 2 is 1.67 bits per heavy atom. The van der Waals surface area contributed by atoms with E-state index in [1.54, 1.807) is 11.8 Å². The van der Waals surface area contributed by atoms with Crippen LogP contribution in [0.2, 0.25) is 0 Å². The molecule has 0 aromatic heterocycles. The number of benzene rings is 1. The first-order chi connectivity index (χ1) is 13.9. The number of hydrogen-bond donors (Lipinski definition) is 1. The molecular formula is C24H37N3O2S. The summed E-state index contributed by atoms with van der Waals surface area (Å²) in [5.41, 5.74) is 2.43. The van der Waals surface area contributed by atoms with Gasteiger partial charge in [0.25, 0.3) is 0 Å². The molecule has 2 aliphatic heterocycles. The van der Waals surface area contributed by atoms with Crippen LogP contribution in [0.1, 0.15) is 70.9 Å². The van der Waals surface area contributed by atoms with Gasteiger partial charge in [-0.1, -0.05) is 45.0 Å². The fourth-order valence-electron chi connectivity index (χ4n) is 4.07. The van der Waals surface area contributed by atoms with Crippen LogP contribution in [0.25, 0.3) is 0 Å².